The predicted octanol–water partition coefficient (Wildman–Crippen LogP) is 3.72. The number of hydrazine groups is 1. The van der Waals surface area contributed by atoms with Crippen LogP contribution in [0.25, 0.3) is 10.9 Å². The number of para-hydroxylation sites is 1. The van der Waals surface area contributed by atoms with Gasteiger partial charge in [-0.15, -0.1) is 0 Å². The van der Waals surface area contributed by atoms with Crippen molar-refractivity contribution in [1.82, 2.24) is 15.8 Å². The first-order valence-corrected chi connectivity index (χ1v) is 9.82. The van der Waals surface area contributed by atoms with Gasteiger partial charge in [0.25, 0.3) is 5.91 Å². The average molecular weight is 393 g/mol. The first-order chi connectivity index (χ1) is 14.0. The molecule has 0 aliphatic rings. The minimum absolute atomic E-state index is 0.225. The minimum atomic E-state index is -0.720. The van der Waals surface area contributed by atoms with Crippen LogP contribution in [0.5, 0.6) is 5.75 Å². The average Bonchev–Trinajstić information content (AvgIpc) is 3.13. The third-order valence-electron chi connectivity index (χ3n) is 5.08. The second-order valence-corrected chi connectivity index (χ2v) is 7.21. The Morgan fingerprint density at radius 3 is 2.69 bits per heavy atom. The van der Waals surface area contributed by atoms with E-state index in [1.165, 1.54) is 10.9 Å². The SMILES string of the molecule is Cc1cccc(OC(C)C(=O)NNC(=O)CCCc2c[nH]c3ccccc23)c1C. The molecule has 3 aromatic rings. The normalized spacial score (nSPS) is 11.8. The summed E-state index contributed by atoms with van der Waals surface area (Å²) in [5.74, 6) is 0.0470. The number of H-pyrrole nitrogens is 1. The number of carbonyl (C=O) groups is 2. The summed E-state index contributed by atoms with van der Waals surface area (Å²) in [6.07, 6.45) is 3.07. The van der Waals surface area contributed by atoms with E-state index in [0.29, 0.717) is 18.6 Å². The number of benzene rings is 2. The van der Waals surface area contributed by atoms with Gasteiger partial charge in [0.05, 0.1) is 0 Å². The number of carbonyl (C=O) groups excluding carboxylic acids is 2. The van der Waals surface area contributed by atoms with Gasteiger partial charge in [0.15, 0.2) is 6.10 Å². The van der Waals surface area contributed by atoms with Crippen molar-refractivity contribution in [3.63, 3.8) is 0 Å². The van der Waals surface area contributed by atoms with Crippen molar-refractivity contribution < 1.29 is 14.3 Å². The van der Waals surface area contributed by atoms with Gasteiger partial charge in [-0.1, -0.05) is 30.3 Å². The highest BCUT2D eigenvalue weighted by Gasteiger charge is 2.16. The molecule has 0 radical (unpaired) electrons. The zero-order valence-corrected chi connectivity index (χ0v) is 17.0. The Hall–Kier alpha value is -3.28. The van der Waals surface area contributed by atoms with Crippen LogP contribution >= 0.6 is 0 Å². The second-order valence-electron chi connectivity index (χ2n) is 7.21. The van der Waals surface area contributed by atoms with Gasteiger partial charge < -0.3 is 9.72 Å². The van der Waals surface area contributed by atoms with E-state index in [1.807, 2.05) is 56.4 Å². The third kappa shape index (κ3) is 5.16. The molecule has 6 heteroatoms. The van der Waals surface area contributed by atoms with Gasteiger partial charge in [-0.3, -0.25) is 20.4 Å². The molecular weight excluding hydrogens is 366 g/mol. The van der Waals surface area contributed by atoms with Crippen LogP contribution in [0.4, 0.5) is 0 Å². The van der Waals surface area contributed by atoms with Crippen molar-refractivity contribution in [3.8, 4) is 5.75 Å². The Bertz CT molecular complexity index is 1010. The number of hydrogen-bond acceptors (Lipinski definition) is 3. The topological polar surface area (TPSA) is 83.2 Å². The van der Waals surface area contributed by atoms with Crippen LogP contribution in [0, 0.1) is 13.8 Å². The van der Waals surface area contributed by atoms with Gasteiger partial charge in [-0.25, -0.2) is 0 Å². The maximum atomic E-state index is 12.2. The standard InChI is InChI=1S/C23H27N3O3/c1-15-8-6-12-21(16(15)2)29-17(3)23(28)26-25-22(27)13-7-9-18-14-24-20-11-5-4-10-19(18)20/h4-6,8,10-12,14,17,24H,7,9,13H2,1-3H3,(H,25,27)(H,26,28). The van der Waals surface area contributed by atoms with Crippen LogP contribution in [-0.2, 0) is 16.0 Å². The van der Waals surface area contributed by atoms with Crippen molar-refractivity contribution in [3.05, 3.63) is 65.4 Å². The quantitative estimate of drug-likeness (QED) is 0.535. The molecule has 0 bridgehead atoms. The van der Waals surface area contributed by atoms with Gasteiger partial charge in [0, 0.05) is 23.5 Å². The summed E-state index contributed by atoms with van der Waals surface area (Å²) >= 11 is 0. The van der Waals surface area contributed by atoms with E-state index in [-0.39, 0.29) is 5.91 Å². The van der Waals surface area contributed by atoms with Gasteiger partial charge in [-0.2, -0.15) is 0 Å². The number of hydrogen-bond donors (Lipinski definition) is 3. The summed E-state index contributed by atoms with van der Waals surface area (Å²) in [6.45, 7) is 5.59. The smallest absolute Gasteiger partial charge is 0.279 e. The first kappa shape index (κ1) is 20.5. The molecule has 1 heterocycles. The first-order valence-electron chi connectivity index (χ1n) is 9.82. The molecule has 0 aliphatic heterocycles. The van der Waals surface area contributed by atoms with Crippen molar-refractivity contribution in [2.24, 2.45) is 0 Å². The minimum Gasteiger partial charge on any atom is -0.481 e. The maximum Gasteiger partial charge on any atom is 0.279 e. The van der Waals surface area contributed by atoms with E-state index in [9.17, 15) is 9.59 Å². The van der Waals surface area contributed by atoms with Crippen LogP contribution in [0.1, 0.15) is 36.5 Å². The molecule has 0 spiro atoms. The number of aromatic nitrogens is 1. The maximum absolute atomic E-state index is 12.2. The van der Waals surface area contributed by atoms with E-state index in [1.54, 1.807) is 6.92 Å². The monoisotopic (exact) mass is 393 g/mol. The van der Waals surface area contributed by atoms with E-state index >= 15 is 0 Å². The molecule has 2 amide bonds. The number of nitrogens with one attached hydrogen (secondary N) is 3. The molecule has 2 aromatic carbocycles. The number of amides is 2. The molecule has 1 atom stereocenters. The lowest BCUT2D eigenvalue weighted by molar-refractivity contribution is -0.132. The third-order valence-corrected chi connectivity index (χ3v) is 5.08. The van der Waals surface area contributed by atoms with E-state index in [4.69, 9.17) is 4.74 Å². The molecule has 3 rings (SSSR count). The molecular formula is C23H27N3O3. The fourth-order valence-corrected chi connectivity index (χ4v) is 3.17. The Labute approximate surface area is 170 Å². The number of ether oxygens (including phenoxy) is 1. The molecule has 0 fully saturated rings. The fourth-order valence-electron chi connectivity index (χ4n) is 3.17. The molecule has 1 unspecified atom stereocenters. The van der Waals surface area contributed by atoms with Crippen molar-refractivity contribution in [2.45, 2.75) is 46.1 Å². The lowest BCUT2D eigenvalue weighted by Gasteiger charge is -2.17. The van der Waals surface area contributed by atoms with E-state index in [2.05, 4.69) is 21.9 Å². The molecule has 0 saturated carbocycles. The summed E-state index contributed by atoms with van der Waals surface area (Å²) in [6, 6.07) is 13.8. The molecule has 1 aromatic heterocycles. The highest BCUT2D eigenvalue weighted by molar-refractivity contribution is 5.85. The summed E-state index contributed by atoms with van der Waals surface area (Å²) in [7, 11) is 0. The number of aromatic amines is 1. The zero-order valence-electron chi connectivity index (χ0n) is 17.0. The van der Waals surface area contributed by atoms with Crippen molar-refractivity contribution >= 4 is 22.7 Å². The van der Waals surface area contributed by atoms with Crippen LogP contribution < -0.4 is 15.6 Å². The molecule has 29 heavy (non-hydrogen) atoms. The Morgan fingerprint density at radius 1 is 1.07 bits per heavy atom. The van der Waals surface area contributed by atoms with E-state index in [0.717, 1.165) is 23.1 Å². The van der Waals surface area contributed by atoms with Crippen molar-refractivity contribution in [1.29, 1.82) is 0 Å². The van der Waals surface area contributed by atoms with Crippen molar-refractivity contribution in [2.75, 3.05) is 0 Å². The molecule has 0 aliphatic carbocycles. The summed E-state index contributed by atoms with van der Waals surface area (Å²) in [4.78, 5) is 27.5. The summed E-state index contributed by atoms with van der Waals surface area (Å²) < 4.78 is 5.72. The number of aryl methyl sites for hydroxylation is 2. The Balaban J connectivity index is 1.41. The highest BCUT2D eigenvalue weighted by atomic mass is 16.5. The largest absolute Gasteiger partial charge is 0.481 e. The Morgan fingerprint density at radius 2 is 1.86 bits per heavy atom. The van der Waals surface area contributed by atoms with Gasteiger partial charge in [0.2, 0.25) is 5.91 Å². The summed E-state index contributed by atoms with van der Waals surface area (Å²) in [5.41, 5.74) is 9.28. The molecule has 6 nitrogen and oxygen atoms in total. The second kappa shape index (κ2) is 9.28. The van der Waals surface area contributed by atoms with Crippen LogP contribution in [0.2, 0.25) is 0 Å². The van der Waals surface area contributed by atoms with Crippen LogP contribution in [-0.4, -0.2) is 22.9 Å². The number of fused-ring (bicyclic) bond motifs is 1. The zero-order chi connectivity index (χ0) is 20.8. The summed E-state index contributed by atoms with van der Waals surface area (Å²) in [5, 5.41) is 1.18. The molecule has 152 valence electrons. The molecule has 0 saturated heterocycles. The highest BCUT2D eigenvalue weighted by Crippen LogP contribution is 2.22. The van der Waals surface area contributed by atoms with Gasteiger partial charge in [-0.05, 0) is 62.4 Å². The predicted molar refractivity (Wildman–Crippen MR) is 114 cm³/mol. The number of rotatable bonds is 7. The van der Waals surface area contributed by atoms with Gasteiger partial charge in [0.1, 0.15) is 5.75 Å². The Kier molecular flexibility index (Phi) is 6.54. The van der Waals surface area contributed by atoms with Crippen LogP contribution in [0.15, 0.2) is 48.7 Å². The van der Waals surface area contributed by atoms with Gasteiger partial charge >= 0.3 is 0 Å². The fraction of sp³-hybridized carbons (Fsp3) is 0.304. The van der Waals surface area contributed by atoms with Crippen LogP contribution in [0.3, 0.4) is 0 Å². The molecule has 3 N–H and O–H groups in total. The lowest BCUT2D eigenvalue weighted by Crippen LogP contribution is -2.47. The lowest BCUT2D eigenvalue weighted by atomic mass is 10.1. The van der Waals surface area contributed by atoms with E-state index < -0.39 is 12.0 Å².